The quantitative estimate of drug-likeness (QED) is 0.710. The van der Waals surface area contributed by atoms with Crippen LogP contribution < -0.4 is 5.32 Å². The molecular formula is C11H20N2O3. The number of carboxylic acids is 1. The van der Waals surface area contributed by atoms with Gasteiger partial charge in [-0.3, -0.25) is 9.59 Å². The van der Waals surface area contributed by atoms with Crippen molar-refractivity contribution in [1.82, 2.24) is 10.2 Å². The van der Waals surface area contributed by atoms with Crippen LogP contribution in [0.3, 0.4) is 0 Å². The predicted molar refractivity (Wildman–Crippen MR) is 60.1 cm³/mol. The number of carbonyl (C=O) groups is 2. The molecule has 5 heteroatoms. The first-order valence-electron chi connectivity index (χ1n) is 5.71. The molecule has 2 N–H and O–H groups in total. The van der Waals surface area contributed by atoms with Gasteiger partial charge >= 0.3 is 5.97 Å². The third-order valence-corrected chi connectivity index (χ3v) is 3.15. The molecule has 0 aromatic heterocycles. The summed E-state index contributed by atoms with van der Waals surface area (Å²) in [5.41, 5.74) is -0.353. The van der Waals surface area contributed by atoms with Crippen LogP contribution in [0.15, 0.2) is 0 Å². The molecule has 1 aliphatic heterocycles. The lowest BCUT2D eigenvalue weighted by Gasteiger charge is -2.30. The van der Waals surface area contributed by atoms with Crippen molar-refractivity contribution in [2.45, 2.75) is 26.7 Å². The summed E-state index contributed by atoms with van der Waals surface area (Å²) in [6, 6.07) is 0. The van der Waals surface area contributed by atoms with Crippen LogP contribution >= 0.6 is 0 Å². The number of carbonyl (C=O) groups excluding carboxylic acids is 1. The second-order valence-electron chi connectivity index (χ2n) is 4.52. The van der Waals surface area contributed by atoms with Crippen LogP contribution in [0.2, 0.25) is 0 Å². The molecule has 1 unspecified atom stereocenters. The average molecular weight is 228 g/mol. The molecule has 1 rings (SSSR count). The molecule has 5 nitrogen and oxygen atoms in total. The number of rotatable bonds is 5. The van der Waals surface area contributed by atoms with Gasteiger partial charge in [0.2, 0.25) is 5.91 Å². The van der Waals surface area contributed by atoms with Gasteiger partial charge in [-0.05, 0) is 26.8 Å². The molecule has 0 aromatic carbocycles. The van der Waals surface area contributed by atoms with Crippen LogP contribution in [0, 0.1) is 5.41 Å². The van der Waals surface area contributed by atoms with Crippen LogP contribution in [0.5, 0.6) is 0 Å². The van der Waals surface area contributed by atoms with Crippen molar-refractivity contribution in [3.63, 3.8) is 0 Å². The molecule has 0 spiro atoms. The molecule has 0 bridgehead atoms. The maximum Gasteiger partial charge on any atom is 0.305 e. The molecular weight excluding hydrogens is 208 g/mol. The normalized spacial score (nSPS) is 24.4. The molecule has 1 heterocycles. The summed E-state index contributed by atoms with van der Waals surface area (Å²) in [6.07, 6.45) is 0.846. The van der Waals surface area contributed by atoms with Crippen molar-refractivity contribution in [2.75, 3.05) is 26.2 Å². The average Bonchev–Trinajstić information content (AvgIpc) is 2.66. The van der Waals surface area contributed by atoms with Crippen LogP contribution in [0.25, 0.3) is 0 Å². The van der Waals surface area contributed by atoms with E-state index in [1.807, 2.05) is 13.8 Å². The lowest BCUT2D eigenvalue weighted by atomic mass is 9.88. The number of nitrogens with zero attached hydrogens (tertiary/aromatic N) is 1. The highest BCUT2D eigenvalue weighted by atomic mass is 16.4. The molecule has 1 aliphatic rings. The van der Waals surface area contributed by atoms with Gasteiger partial charge < -0.3 is 15.3 Å². The van der Waals surface area contributed by atoms with Gasteiger partial charge in [0.15, 0.2) is 0 Å². The number of carboxylic acid groups (broad SMARTS) is 1. The number of hydrogen-bond acceptors (Lipinski definition) is 3. The Kier molecular flexibility index (Phi) is 4.29. The Morgan fingerprint density at radius 1 is 1.50 bits per heavy atom. The van der Waals surface area contributed by atoms with E-state index in [9.17, 15) is 9.59 Å². The standard InChI is InChI=1S/C11H20N2O3/c1-3-13(7-4-9(14)15)10(16)11(2)5-6-12-8-11/h12H,3-8H2,1-2H3,(H,14,15). The van der Waals surface area contributed by atoms with Gasteiger partial charge in [-0.2, -0.15) is 0 Å². The Morgan fingerprint density at radius 2 is 2.19 bits per heavy atom. The smallest absolute Gasteiger partial charge is 0.305 e. The topological polar surface area (TPSA) is 69.6 Å². The van der Waals surface area contributed by atoms with Crippen molar-refractivity contribution < 1.29 is 14.7 Å². The van der Waals surface area contributed by atoms with Gasteiger partial charge in [-0.15, -0.1) is 0 Å². The minimum Gasteiger partial charge on any atom is -0.481 e. The van der Waals surface area contributed by atoms with Crippen LogP contribution in [-0.4, -0.2) is 48.1 Å². The lowest BCUT2D eigenvalue weighted by Crippen LogP contribution is -2.44. The second kappa shape index (κ2) is 5.30. The Morgan fingerprint density at radius 3 is 2.62 bits per heavy atom. The largest absolute Gasteiger partial charge is 0.481 e. The maximum atomic E-state index is 12.2. The Balaban J connectivity index is 2.58. The fourth-order valence-electron chi connectivity index (χ4n) is 2.02. The zero-order valence-electron chi connectivity index (χ0n) is 9.95. The molecule has 1 fully saturated rings. The third kappa shape index (κ3) is 2.95. The molecule has 1 amide bonds. The van der Waals surface area contributed by atoms with Gasteiger partial charge in [-0.1, -0.05) is 0 Å². The Hall–Kier alpha value is -1.10. The lowest BCUT2D eigenvalue weighted by molar-refractivity contribution is -0.142. The zero-order chi connectivity index (χ0) is 12.2. The van der Waals surface area contributed by atoms with E-state index in [0.717, 1.165) is 13.0 Å². The van der Waals surface area contributed by atoms with Crippen molar-refractivity contribution in [3.8, 4) is 0 Å². The molecule has 0 radical (unpaired) electrons. The Labute approximate surface area is 95.8 Å². The number of amides is 1. The summed E-state index contributed by atoms with van der Waals surface area (Å²) in [4.78, 5) is 24.3. The summed E-state index contributed by atoms with van der Waals surface area (Å²) in [6.45, 7) is 6.25. The maximum absolute atomic E-state index is 12.2. The molecule has 92 valence electrons. The first-order chi connectivity index (χ1) is 7.49. The van der Waals surface area contributed by atoms with Crippen molar-refractivity contribution in [2.24, 2.45) is 5.41 Å². The highest BCUT2D eigenvalue weighted by Crippen LogP contribution is 2.27. The van der Waals surface area contributed by atoms with Crippen LogP contribution in [0.4, 0.5) is 0 Å². The van der Waals surface area contributed by atoms with Gasteiger partial charge in [0, 0.05) is 19.6 Å². The van der Waals surface area contributed by atoms with Gasteiger partial charge in [0.05, 0.1) is 11.8 Å². The van der Waals surface area contributed by atoms with Gasteiger partial charge in [0.1, 0.15) is 0 Å². The van der Waals surface area contributed by atoms with Crippen molar-refractivity contribution in [3.05, 3.63) is 0 Å². The molecule has 0 aliphatic carbocycles. The fourth-order valence-corrected chi connectivity index (χ4v) is 2.02. The minimum atomic E-state index is -0.860. The van der Waals surface area contributed by atoms with E-state index >= 15 is 0 Å². The summed E-state index contributed by atoms with van der Waals surface area (Å²) in [5.74, 6) is -0.790. The van der Waals surface area contributed by atoms with E-state index in [4.69, 9.17) is 5.11 Å². The monoisotopic (exact) mass is 228 g/mol. The van der Waals surface area contributed by atoms with Gasteiger partial charge in [0.25, 0.3) is 0 Å². The highest BCUT2D eigenvalue weighted by molar-refractivity contribution is 5.83. The number of aliphatic carboxylic acids is 1. The first kappa shape index (κ1) is 13.0. The van der Waals surface area contributed by atoms with E-state index in [-0.39, 0.29) is 17.7 Å². The third-order valence-electron chi connectivity index (χ3n) is 3.15. The second-order valence-corrected chi connectivity index (χ2v) is 4.52. The van der Waals surface area contributed by atoms with Crippen LogP contribution in [-0.2, 0) is 9.59 Å². The molecule has 0 aromatic rings. The summed E-state index contributed by atoms with van der Waals surface area (Å²) >= 11 is 0. The fraction of sp³-hybridized carbons (Fsp3) is 0.818. The molecule has 1 saturated heterocycles. The summed E-state index contributed by atoms with van der Waals surface area (Å²) < 4.78 is 0. The number of nitrogens with one attached hydrogen (secondary N) is 1. The highest BCUT2D eigenvalue weighted by Gasteiger charge is 2.38. The molecule has 1 atom stereocenters. The summed E-state index contributed by atoms with van der Waals surface area (Å²) in [7, 11) is 0. The predicted octanol–water partition coefficient (Wildman–Crippen LogP) is 0.309. The van der Waals surface area contributed by atoms with E-state index in [2.05, 4.69) is 5.32 Å². The van der Waals surface area contributed by atoms with E-state index in [1.54, 1.807) is 4.90 Å². The SMILES string of the molecule is CCN(CCC(=O)O)C(=O)C1(C)CCNC1. The minimum absolute atomic E-state index is 0.0170. The van der Waals surface area contributed by atoms with Crippen molar-refractivity contribution >= 4 is 11.9 Å². The van der Waals surface area contributed by atoms with Crippen LogP contribution in [0.1, 0.15) is 26.7 Å². The van der Waals surface area contributed by atoms with Gasteiger partial charge in [-0.25, -0.2) is 0 Å². The van der Waals surface area contributed by atoms with E-state index < -0.39 is 5.97 Å². The molecule has 0 saturated carbocycles. The molecule has 16 heavy (non-hydrogen) atoms. The van der Waals surface area contributed by atoms with E-state index in [0.29, 0.717) is 19.6 Å². The first-order valence-corrected chi connectivity index (χ1v) is 5.71. The summed E-state index contributed by atoms with van der Waals surface area (Å²) in [5, 5.41) is 11.8. The zero-order valence-corrected chi connectivity index (χ0v) is 9.95. The van der Waals surface area contributed by atoms with Crippen molar-refractivity contribution in [1.29, 1.82) is 0 Å². The van der Waals surface area contributed by atoms with E-state index in [1.165, 1.54) is 0 Å². The number of hydrogen-bond donors (Lipinski definition) is 2. The Bertz CT molecular complexity index is 272.